The SMILES string of the molecule is NC(=O)c1ccc(N2CCNCC2)c(C2CCC(=O)NC2=O)c1F. The van der Waals surface area contributed by atoms with Gasteiger partial charge in [0.1, 0.15) is 5.82 Å². The van der Waals surface area contributed by atoms with Crippen LogP contribution in [0.1, 0.15) is 34.7 Å². The van der Waals surface area contributed by atoms with E-state index in [0.717, 1.165) is 13.1 Å². The minimum atomic E-state index is -0.882. The summed E-state index contributed by atoms with van der Waals surface area (Å²) in [6, 6.07) is 2.98. The summed E-state index contributed by atoms with van der Waals surface area (Å²) < 4.78 is 15.0. The molecule has 2 aliphatic rings. The number of benzene rings is 1. The predicted molar refractivity (Wildman–Crippen MR) is 85.1 cm³/mol. The van der Waals surface area contributed by atoms with E-state index in [1.807, 2.05) is 4.90 Å². The second-order valence-corrected chi connectivity index (χ2v) is 5.96. The summed E-state index contributed by atoms with van der Waals surface area (Å²) >= 11 is 0. The maximum absolute atomic E-state index is 15.0. The molecule has 128 valence electrons. The Labute approximate surface area is 138 Å². The third-order valence-corrected chi connectivity index (χ3v) is 4.47. The highest BCUT2D eigenvalue weighted by Crippen LogP contribution is 2.36. The molecule has 7 nitrogen and oxygen atoms in total. The van der Waals surface area contributed by atoms with Crippen LogP contribution in [-0.4, -0.2) is 43.9 Å². The molecule has 8 heteroatoms. The Hall–Kier alpha value is -2.48. The molecule has 2 saturated heterocycles. The van der Waals surface area contributed by atoms with Crippen LogP contribution in [0.15, 0.2) is 12.1 Å². The van der Waals surface area contributed by atoms with Gasteiger partial charge in [-0.25, -0.2) is 4.39 Å². The lowest BCUT2D eigenvalue weighted by Crippen LogP contribution is -2.45. The first-order chi connectivity index (χ1) is 11.5. The third-order valence-electron chi connectivity index (χ3n) is 4.47. The van der Waals surface area contributed by atoms with Gasteiger partial charge in [-0.3, -0.25) is 19.7 Å². The van der Waals surface area contributed by atoms with Gasteiger partial charge in [-0.2, -0.15) is 0 Å². The van der Waals surface area contributed by atoms with Gasteiger partial charge in [-0.05, 0) is 18.6 Å². The van der Waals surface area contributed by atoms with E-state index in [0.29, 0.717) is 18.8 Å². The Morgan fingerprint density at radius 1 is 1.25 bits per heavy atom. The van der Waals surface area contributed by atoms with Crippen molar-refractivity contribution >= 4 is 23.4 Å². The van der Waals surface area contributed by atoms with Gasteiger partial charge in [-0.1, -0.05) is 0 Å². The lowest BCUT2D eigenvalue weighted by atomic mass is 9.87. The van der Waals surface area contributed by atoms with Gasteiger partial charge in [0.2, 0.25) is 11.8 Å². The minimum absolute atomic E-state index is 0.137. The van der Waals surface area contributed by atoms with Crippen LogP contribution in [-0.2, 0) is 9.59 Å². The first-order valence-electron chi connectivity index (χ1n) is 7.90. The van der Waals surface area contributed by atoms with E-state index < -0.39 is 23.5 Å². The van der Waals surface area contributed by atoms with Crippen molar-refractivity contribution in [1.82, 2.24) is 10.6 Å². The van der Waals surface area contributed by atoms with Crippen molar-refractivity contribution in [3.05, 3.63) is 29.1 Å². The Kier molecular flexibility index (Phi) is 4.48. The van der Waals surface area contributed by atoms with E-state index in [1.165, 1.54) is 6.07 Å². The number of piperazine rings is 1. The van der Waals surface area contributed by atoms with Gasteiger partial charge in [0.05, 0.1) is 11.5 Å². The van der Waals surface area contributed by atoms with Crippen molar-refractivity contribution in [2.75, 3.05) is 31.1 Å². The van der Waals surface area contributed by atoms with Gasteiger partial charge < -0.3 is 16.0 Å². The van der Waals surface area contributed by atoms with Crippen LogP contribution in [0.4, 0.5) is 10.1 Å². The number of hydrogen-bond donors (Lipinski definition) is 3. The summed E-state index contributed by atoms with van der Waals surface area (Å²) in [4.78, 5) is 37.1. The van der Waals surface area contributed by atoms with Crippen molar-refractivity contribution in [3.63, 3.8) is 0 Å². The largest absolute Gasteiger partial charge is 0.369 e. The normalized spacial score (nSPS) is 21.5. The molecule has 1 unspecified atom stereocenters. The first-order valence-corrected chi connectivity index (χ1v) is 7.90. The smallest absolute Gasteiger partial charge is 0.251 e. The number of anilines is 1. The Bertz CT molecular complexity index is 701. The molecule has 2 aliphatic heterocycles. The first kappa shape index (κ1) is 16.4. The molecule has 0 bridgehead atoms. The van der Waals surface area contributed by atoms with E-state index in [-0.39, 0.29) is 29.9 Å². The van der Waals surface area contributed by atoms with Gasteiger partial charge in [0.15, 0.2) is 0 Å². The fourth-order valence-corrected chi connectivity index (χ4v) is 3.25. The van der Waals surface area contributed by atoms with Gasteiger partial charge in [0, 0.05) is 43.9 Å². The van der Waals surface area contributed by atoms with Crippen molar-refractivity contribution in [1.29, 1.82) is 0 Å². The molecule has 3 rings (SSSR count). The standard InChI is InChI=1S/C16H19FN4O3/c17-14-10(15(18)23)1-3-11(21-7-5-19-6-8-21)13(14)9-2-4-12(22)20-16(9)24/h1,3,9,19H,2,4-8H2,(H2,18,23)(H,20,22,24). The molecular weight excluding hydrogens is 315 g/mol. The fourth-order valence-electron chi connectivity index (χ4n) is 3.25. The number of nitrogens with two attached hydrogens (primary N) is 1. The Morgan fingerprint density at radius 2 is 1.96 bits per heavy atom. The summed E-state index contributed by atoms with van der Waals surface area (Å²) in [5, 5.41) is 5.45. The van der Waals surface area contributed by atoms with Crippen LogP contribution in [0.25, 0.3) is 0 Å². The van der Waals surface area contributed by atoms with E-state index in [4.69, 9.17) is 5.73 Å². The highest BCUT2D eigenvalue weighted by Gasteiger charge is 2.34. The molecule has 0 radical (unpaired) electrons. The quantitative estimate of drug-likeness (QED) is 0.667. The molecule has 1 aromatic rings. The highest BCUT2D eigenvalue weighted by molar-refractivity contribution is 6.02. The molecule has 0 saturated carbocycles. The number of amides is 3. The van der Waals surface area contributed by atoms with Gasteiger partial charge in [-0.15, -0.1) is 0 Å². The molecule has 1 aromatic carbocycles. The topological polar surface area (TPSA) is 105 Å². The van der Waals surface area contributed by atoms with Crippen molar-refractivity contribution in [2.24, 2.45) is 5.73 Å². The zero-order chi connectivity index (χ0) is 17.3. The number of nitrogens with zero attached hydrogens (tertiary/aromatic N) is 1. The molecule has 0 aliphatic carbocycles. The van der Waals surface area contributed by atoms with Gasteiger partial charge in [0.25, 0.3) is 5.91 Å². The van der Waals surface area contributed by atoms with Gasteiger partial charge >= 0.3 is 0 Å². The van der Waals surface area contributed by atoms with E-state index >= 15 is 0 Å². The zero-order valence-electron chi connectivity index (χ0n) is 13.1. The summed E-state index contributed by atoms with van der Waals surface area (Å²) in [5.41, 5.74) is 5.73. The van der Waals surface area contributed by atoms with Crippen LogP contribution in [0.5, 0.6) is 0 Å². The molecule has 2 heterocycles. The number of rotatable bonds is 3. The number of carbonyl (C=O) groups is 3. The highest BCUT2D eigenvalue weighted by atomic mass is 19.1. The zero-order valence-corrected chi connectivity index (χ0v) is 13.1. The van der Waals surface area contributed by atoms with Crippen molar-refractivity contribution in [2.45, 2.75) is 18.8 Å². The number of hydrogen-bond acceptors (Lipinski definition) is 5. The predicted octanol–water partition coefficient (Wildman–Crippen LogP) is -0.146. The van der Waals surface area contributed by atoms with Crippen LogP contribution in [0.2, 0.25) is 0 Å². The number of nitrogens with one attached hydrogen (secondary N) is 2. The molecule has 2 fully saturated rings. The van der Waals surface area contributed by atoms with Crippen LogP contribution >= 0.6 is 0 Å². The minimum Gasteiger partial charge on any atom is -0.369 e. The van der Waals surface area contributed by atoms with E-state index in [2.05, 4.69) is 10.6 Å². The number of halogens is 1. The summed E-state index contributed by atoms with van der Waals surface area (Å²) in [6.07, 6.45) is 0.348. The van der Waals surface area contributed by atoms with E-state index in [9.17, 15) is 18.8 Å². The van der Waals surface area contributed by atoms with Crippen molar-refractivity contribution in [3.8, 4) is 0 Å². The number of primary amides is 1. The maximum atomic E-state index is 15.0. The molecular formula is C16H19FN4O3. The number of imide groups is 1. The van der Waals surface area contributed by atoms with Crippen LogP contribution in [0, 0.1) is 5.82 Å². The molecule has 1 atom stereocenters. The number of piperidine rings is 1. The molecule has 3 amide bonds. The average molecular weight is 334 g/mol. The summed E-state index contributed by atoms with van der Waals surface area (Å²) in [6.45, 7) is 2.81. The maximum Gasteiger partial charge on any atom is 0.251 e. The van der Waals surface area contributed by atoms with E-state index in [1.54, 1.807) is 6.07 Å². The monoisotopic (exact) mass is 334 g/mol. The molecule has 0 spiro atoms. The second kappa shape index (κ2) is 6.56. The Balaban J connectivity index is 2.08. The fraction of sp³-hybridized carbons (Fsp3) is 0.438. The van der Waals surface area contributed by atoms with Crippen LogP contribution in [0.3, 0.4) is 0 Å². The number of carbonyl (C=O) groups excluding carboxylic acids is 3. The Morgan fingerprint density at radius 3 is 2.58 bits per heavy atom. The van der Waals surface area contributed by atoms with Crippen LogP contribution < -0.4 is 21.3 Å². The lowest BCUT2D eigenvalue weighted by molar-refractivity contribution is -0.134. The molecule has 24 heavy (non-hydrogen) atoms. The average Bonchev–Trinajstić information content (AvgIpc) is 2.56. The molecule has 4 N–H and O–H groups in total. The summed E-state index contributed by atoms with van der Waals surface area (Å²) in [5.74, 6) is -3.37. The summed E-state index contributed by atoms with van der Waals surface area (Å²) in [7, 11) is 0. The second-order valence-electron chi connectivity index (χ2n) is 5.96. The third kappa shape index (κ3) is 2.96. The van der Waals surface area contributed by atoms with Crippen molar-refractivity contribution < 1.29 is 18.8 Å². The lowest BCUT2D eigenvalue weighted by Gasteiger charge is -2.33. The molecule has 0 aromatic heterocycles.